The molecule has 2 nitrogen and oxygen atoms in total. The van der Waals surface area contributed by atoms with Crippen LogP contribution in [0.2, 0.25) is 0 Å². The predicted octanol–water partition coefficient (Wildman–Crippen LogP) is 4.05. The van der Waals surface area contributed by atoms with Crippen molar-refractivity contribution < 1.29 is 0 Å². The summed E-state index contributed by atoms with van der Waals surface area (Å²) in [5.74, 6) is 0. The highest BCUT2D eigenvalue weighted by Crippen LogP contribution is 2.20. The molecule has 0 fully saturated rings. The number of para-hydroxylation sites is 1. The quantitative estimate of drug-likeness (QED) is 0.862. The average Bonchev–Trinajstić information content (AvgIpc) is 2.76. The van der Waals surface area contributed by atoms with Crippen molar-refractivity contribution in [2.45, 2.75) is 6.54 Å². The van der Waals surface area contributed by atoms with E-state index in [-0.39, 0.29) is 0 Å². The van der Waals surface area contributed by atoms with E-state index in [9.17, 15) is 0 Å². The molecule has 0 saturated carbocycles. The summed E-state index contributed by atoms with van der Waals surface area (Å²) in [5, 5.41) is 5.55. The van der Waals surface area contributed by atoms with Crippen LogP contribution in [0.1, 0.15) is 4.88 Å². The Labute approximate surface area is 121 Å². The summed E-state index contributed by atoms with van der Waals surface area (Å²) < 4.78 is 1.18. The van der Waals surface area contributed by atoms with Crippen LogP contribution in [-0.4, -0.2) is 25.0 Å². The third-order valence-electron chi connectivity index (χ3n) is 2.64. The highest BCUT2D eigenvalue weighted by atomic mass is 79.9. The number of nitrogens with zero attached hydrogens (tertiary/aromatic N) is 1. The Kier molecular flexibility index (Phi) is 5.23. The van der Waals surface area contributed by atoms with E-state index in [1.807, 2.05) is 6.07 Å². The van der Waals surface area contributed by atoms with E-state index in [0.29, 0.717) is 0 Å². The minimum absolute atomic E-state index is 0.965. The smallest absolute Gasteiger partial charge is 0.0340 e. The number of benzene rings is 1. The summed E-state index contributed by atoms with van der Waals surface area (Å²) in [6.45, 7) is 3.00. The van der Waals surface area contributed by atoms with Crippen molar-refractivity contribution >= 4 is 33.0 Å². The van der Waals surface area contributed by atoms with Gasteiger partial charge < -0.3 is 5.32 Å². The lowest BCUT2D eigenvalue weighted by Crippen LogP contribution is -2.24. The second-order valence-electron chi connectivity index (χ2n) is 4.26. The molecule has 0 unspecified atom stereocenters. The lowest BCUT2D eigenvalue weighted by molar-refractivity contribution is 0.343. The van der Waals surface area contributed by atoms with Gasteiger partial charge in [-0.2, -0.15) is 0 Å². The van der Waals surface area contributed by atoms with Gasteiger partial charge in [-0.25, -0.2) is 0 Å². The number of likely N-dealkylation sites (N-methyl/N-ethyl adjacent to an activating group) is 1. The Hall–Kier alpha value is -0.840. The van der Waals surface area contributed by atoms with Crippen LogP contribution in [0.15, 0.2) is 46.3 Å². The molecule has 0 atom stereocenters. The highest BCUT2D eigenvalue weighted by molar-refractivity contribution is 9.10. The molecule has 0 amide bonds. The molecule has 0 saturated heterocycles. The monoisotopic (exact) mass is 324 g/mol. The molecule has 1 aromatic heterocycles. The Morgan fingerprint density at radius 2 is 2.06 bits per heavy atom. The van der Waals surface area contributed by atoms with Gasteiger partial charge in [0.1, 0.15) is 0 Å². The first-order valence-electron chi connectivity index (χ1n) is 5.94. The molecule has 4 heteroatoms. The van der Waals surface area contributed by atoms with Crippen molar-refractivity contribution in [3.8, 4) is 0 Å². The number of rotatable bonds is 6. The Bertz CT molecular complexity index is 470. The van der Waals surface area contributed by atoms with E-state index >= 15 is 0 Å². The summed E-state index contributed by atoms with van der Waals surface area (Å²) in [7, 11) is 2.15. The second-order valence-corrected chi connectivity index (χ2v) is 6.17. The molecule has 0 bridgehead atoms. The molecule has 0 aliphatic carbocycles. The topological polar surface area (TPSA) is 15.3 Å². The number of hydrogen-bond donors (Lipinski definition) is 1. The van der Waals surface area contributed by atoms with Gasteiger partial charge in [0.2, 0.25) is 0 Å². The van der Waals surface area contributed by atoms with Crippen molar-refractivity contribution in [1.29, 1.82) is 0 Å². The first kappa shape index (κ1) is 13.6. The molecular weight excluding hydrogens is 308 g/mol. The van der Waals surface area contributed by atoms with Gasteiger partial charge in [0.05, 0.1) is 0 Å². The molecule has 0 aliphatic rings. The largest absolute Gasteiger partial charge is 0.384 e. The van der Waals surface area contributed by atoms with Crippen molar-refractivity contribution in [3.63, 3.8) is 0 Å². The lowest BCUT2D eigenvalue weighted by Gasteiger charge is -2.16. The molecule has 1 aromatic carbocycles. The van der Waals surface area contributed by atoms with E-state index in [1.165, 1.54) is 15.0 Å². The molecule has 2 aromatic rings. The fraction of sp³-hybridized carbons (Fsp3) is 0.286. The van der Waals surface area contributed by atoms with E-state index in [2.05, 4.69) is 68.9 Å². The van der Waals surface area contributed by atoms with Crippen molar-refractivity contribution in [2.24, 2.45) is 0 Å². The Balaban J connectivity index is 1.70. The summed E-state index contributed by atoms with van der Waals surface area (Å²) in [6, 6.07) is 12.5. The van der Waals surface area contributed by atoms with Gasteiger partial charge in [-0.3, -0.25) is 4.90 Å². The Morgan fingerprint density at radius 1 is 1.28 bits per heavy atom. The molecule has 18 heavy (non-hydrogen) atoms. The van der Waals surface area contributed by atoms with Crippen LogP contribution < -0.4 is 5.32 Å². The molecule has 1 N–H and O–H groups in total. The predicted molar refractivity (Wildman–Crippen MR) is 83.3 cm³/mol. The fourth-order valence-electron chi connectivity index (χ4n) is 1.73. The maximum absolute atomic E-state index is 3.48. The fourth-order valence-corrected chi connectivity index (χ4v) is 3.26. The Morgan fingerprint density at radius 3 is 2.72 bits per heavy atom. The van der Waals surface area contributed by atoms with E-state index in [4.69, 9.17) is 0 Å². The van der Waals surface area contributed by atoms with Crippen LogP contribution in [-0.2, 0) is 6.54 Å². The number of halogens is 1. The van der Waals surface area contributed by atoms with Gasteiger partial charge in [0.25, 0.3) is 0 Å². The van der Waals surface area contributed by atoms with Crippen molar-refractivity contribution in [1.82, 2.24) is 4.90 Å². The second kappa shape index (κ2) is 6.92. The van der Waals surface area contributed by atoms with E-state index in [1.54, 1.807) is 11.3 Å². The first-order chi connectivity index (χ1) is 8.74. The third-order valence-corrected chi connectivity index (χ3v) is 4.33. The van der Waals surface area contributed by atoms with Gasteiger partial charge >= 0.3 is 0 Å². The van der Waals surface area contributed by atoms with Gasteiger partial charge in [-0.1, -0.05) is 18.2 Å². The molecule has 96 valence electrons. The zero-order valence-electron chi connectivity index (χ0n) is 10.4. The van der Waals surface area contributed by atoms with Gasteiger partial charge in [0.15, 0.2) is 0 Å². The maximum Gasteiger partial charge on any atom is 0.0340 e. The van der Waals surface area contributed by atoms with Gasteiger partial charge in [-0.15, -0.1) is 11.3 Å². The van der Waals surface area contributed by atoms with Crippen molar-refractivity contribution in [2.75, 3.05) is 25.5 Å². The summed E-state index contributed by atoms with van der Waals surface area (Å²) in [4.78, 5) is 3.72. The minimum Gasteiger partial charge on any atom is -0.384 e. The number of nitrogens with one attached hydrogen (secondary N) is 1. The van der Waals surface area contributed by atoms with Crippen LogP contribution in [0.5, 0.6) is 0 Å². The highest BCUT2D eigenvalue weighted by Gasteiger charge is 2.02. The van der Waals surface area contributed by atoms with Crippen LogP contribution in [0, 0.1) is 0 Å². The van der Waals surface area contributed by atoms with Crippen molar-refractivity contribution in [3.05, 3.63) is 51.1 Å². The lowest BCUT2D eigenvalue weighted by atomic mass is 10.3. The van der Waals surface area contributed by atoms with Crippen LogP contribution in [0.3, 0.4) is 0 Å². The summed E-state index contributed by atoms with van der Waals surface area (Å²) in [5.41, 5.74) is 1.18. The van der Waals surface area contributed by atoms with Crippen LogP contribution >= 0.6 is 27.3 Å². The summed E-state index contributed by atoms with van der Waals surface area (Å²) in [6.07, 6.45) is 0. The van der Waals surface area contributed by atoms with E-state index in [0.717, 1.165) is 19.6 Å². The molecule has 0 spiro atoms. The molecule has 0 radical (unpaired) electrons. The van der Waals surface area contributed by atoms with Gasteiger partial charge in [0, 0.05) is 40.1 Å². The number of hydrogen-bond acceptors (Lipinski definition) is 3. The molecule has 1 heterocycles. The first-order valence-corrected chi connectivity index (χ1v) is 7.61. The maximum atomic E-state index is 3.48. The minimum atomic E-state index is 0.965. The van der Waals surface area contributed by atoms with Gasteiger partial charge in [-0.05, 0) is 41.2 Å². The molecule has 0 aliphatic heterocycles. The van der Waals surface area contributed by atoms with Crippen LogP contribution in [0.4, 0.5) is 5.69 Å². The zero-order chi connectivity index (χ0) is 12.8. The normalized spacial score (nSPS) is 10.8. The molecular formula is C14H17BrN2S. The molecule has 2 rings (SSSR count). The average molecular weight is 325 g/mol. The SMILES string of the molecule is CN(CCNc1ccccc1)Cc1cc(Br)cs1. The number of anilines is 1. The standard InChI is InChI=1S/C14H17BrN2S/c1-17(10-14-9-12(15)11-18-14)8-7-16-13-5-3-2-4-6-13/h2-6,9,11,16H,7-8,10H2,1H3. The third kappa shape index (κ3) is 4.44. The summed E-state index contributed by atoms with van der Waals surface area (Å²) >= 11 is 5.28. The number of thiophene rings is 1. The van der Waals surface area contributed by atoms with Crippen LogP contribution in [0.25, 0.3) is 0 Å². The van der Waals surface area contributed by atoms with E-state index < -0.39 is 0 Å². The zero-order valence-corrected chi connectivity index (χ0v) is 12.8.